The Hall–Kier alpha value is -1.40. The van der Waals surface area contributed by atoms with E-state index in [9.17, 15) is 9.50 Å². The van der Waals surface area contributed by atoms with Crippen molar-refractivity contribution in [2.75, 3.05) is 7.11 Å². The van der Waals surface area contributed by atoms with E-state index >= 15 is 0 Å². The van der Waals surface area contributed by atoms with Gasteiger partial charge in [-0.05, 0) is 43.0 Å². The number of aromatic nitrogens is 1. The molecule has 1 aliphatic heterocycles. The van der Waals surface area contributed by atoms with E-state index in [1.165, 1.54) is 17.8 Å². The highest BCUT2D eigenvalue weighted by Crippen LogP contribution is 2.27. The molecule has 2 heterocycles. The summed E-state index contributed by atoms with van der Waals surface area (Å²) in [5.74, 6) is 0.425. The molecule has 0 amide bonds. The fourth-order valence-corrected chi connectivity index (χ4v) is 3.13. The first-order valence-corrected chi connectivity index (χ1v) is 7.83. The van der Waals surface area contributed by atoms with Crippen molar-refractivity contribution in [3.63, 3.8) is 0 Å². The maximum Gasteiger partial charge on any atom is 0.141 e. The van der Waals surface area contributed by atoms with Crippen molar-refractivity contribution in [3.8, 4) is 5.75 Å². The Morgan fingerprint density at radius 1 is 1.24 bits per heavy atom. The number of rotatable bonds is 5. The van der Waals surface area contributed by atoms with Gasteiger partial charge >= 0.3 is 0 Å². The fraction of sp³-hybridized carbons (Fsp3) is 0.389. The molecule has 25 heavy (non-hydrogen) atoms. The van der Waals surface area contributed by atoms with Crippen LogP contribution < -0.4 is 10.1 Å². The molecule has 2 N–H and O–H groups in total. The summed E-state index contributed by atoms with van der Waals surface area (Å²) in [5.41, 5.74) is 1.75. The number of benzene rings is 1. The monoisotopic (exact) mass is 388 g/mol. The lowest BCUT2D eigenvalue weighted by Crippen LogP contribution is -2.35. The average molecular weight is 389 g/mol. The molecule has 0 bridgehead atoms. The minimum Gasteiger partial charge on any atom is -0.497 e. The molecular formula is C18H23Cl2FN2O2. The Kier molecular flexibility index (Phi) is 8.59. The van der Waals surface area contributed by atoms with E-state index in [0.717, 1.165) is 31.2 Å². The number of nitrogens with one attached hydrogen (secondary N) is 1. The molecule has 4 nitrogen and oxygen atoms in total. The van der Waals surface area contributed by atoms with E-state index in [4.69, 9.17) is 4.74 Å². The van der Waals surface area contributed by atoms with Crippen LogP contribution in [0.2, 0.25) is 0 Å². The number of methoxy groups -OCH3 is 1. The van der Waals surface area contributed by atoms with E-state index in [0.29, 0.717) is 11.6 Å². The molecule has 0 unspecified atom stereocenters. The highest BCUT2D eigenvalue weighted by molar-refractivity contribution is 5.85. The van der Waals surface area contributed by atoms with Crippen molar-refractivity contribution >= 4 is 24.8 Å². The largest absolute Gasteiger partial charge is 0.497 e. The Bertz CT molecular complexity index is 658. The lowest BCUT2D eigenvalue weighted by molar-refractivity contribution is 0.134. The molecule has 1 aromatic heterocycles. The normalized spacial score (nSPS) is 20.3. The molecular weight excluding hydrogens is 366 g/mol. The van der Waals surface area contributed by atoms with Crippen molar-refractivity contribution in [3.05, 3.63) is 59.7 Å². The van der Waals surface area contributed by atoms with E-state index in [1.807, 2.05) is 12.1 Å². The van der Waals surface area contributed by atoms with Gasteiger partial charge < -0.3 is 15.2 Å². The summed E-state index contributed by atoms with van der Waals surface area (Å²) < 4.78 is 18.4. The topological polar surface area (TPSA) is 54.4 Å². The van der Waals surface area contributed by atoms with Gasteiger partial charge in [-0.1, -0.05) is 12.1 Å². The van der Waals surface area contributed by atoms with Gasteiger partial charge in [-0.3, -0.25) is 4.98 Å². The highest BCUT2D eigenvalue weighted by atomic mass is 35.5. The molecule has 0 saturated carbocycles. The second-order valence-corrected chi connectivity index (χ2v) is 5.98. The van der Waals surface area contributed by atoms with Crippen LogP contribution in [-0.4, -0.2) is 29.3 Å². The quantitative estimate of drug-likeness (QED) is 0.823. The van der Waals surface area contributed by atoms with Crippen molar-refractivity contribution in [2.24, 2.45) is 0 Å². The van der Waals surface area contributed by atoms with Gasteiger partial charge in [0.2, 0.25) is 0 Å². The van der Waals surface area contributed by atoms with Gasteiger partial charge in [0.1, 0.15) is 11.6 Å². The van der Waals surface area contributed by atoms with Crippen molar-refractivity contribution in [1.82, 2.24) is 10.3 Å². The van der Waals surface area contributed by atoms with Crippen LogP contribution in [0.5, 0.6) is 5.75 Å². The van der Waals surface area contributed by atoms with Gasteiger partial charge in [-0.25, -0.2) is 4.39 Å². The fourth-order valence-electron chi connectivity index (χ4n) is 3.13. The van der Waals surface area contributed by atoms with E-state index in [1.54, 1.807) is 7.11 Å². The first-order valence-electron chi connectivity index (χ1n) is 7.83. The number of pyridine rings is 1. The van der Waals surface area contributed by atoms with Crippen LogP contribution in [0.15, 0.2) is 42.7 Å². The van der Waals surface area contributed by atoms with Crippen molar-refractivity contribution in [1.29, 1.82) is 0 Å². The summed E-state index contributed by atoms with van der Waals surface area (Å²) in [7, 11) is 1.65. The van der Waals surface area contributed by atoms with E-state index in [-0.39, 0.29) is 30.9 Å². The lowest BCUT2D eigenvalue weighted by atomic mass is 10.0. The van der Waals surface area contributed by atoms with Gasteiger partial charge in [0.25, 0.3) is 0 Å². The van der Waals surface area contributed by atoms with Gasteiger partial charge in [0, 0.05) is 23.8 Å². The number of nitrogens with zero attached hydrogens (tertiary/aromatic N) is 1. The van der Waals surface area contributed by atoms with Crippen LogP contribution in [0.1, 0.15) is 30.1 Å². The highest BCUT2D eigenvalue weighted by Gasteiger charge is 2.30. The van der Waals surface area contributed by atoms with E-state index in [2.05, 4.69) is 22.4 Å². The van der Waals surface area contributed by atoms with Gasteiger partial charge in [-0.15, -0.1) is 24.8 Å². The number of hydrogen-bond donors (Lipinski definition) is 2. The van der Waals surface area contributed by atoms with Gasteiger partial charge in [0.05, 0.1) is 19.4 Å². The number of halogens is 3. The van der Waals surface area contributed by atoms with Crippen LogP contribution in [0.25, 0.3) is 0 Å². The molecule has 2 aromatic rings. The van der Waals surface area contributed by atoms with Crippen LogP contribution in [-0.2, 0) is 6.42 Å². The summed E-state index contributed by atoms with van der Waals surface area (Å²) in [6.07, 6.45) is 4.67. The van der Waals surface area contributed by atoms with Crippen molar-refractivity contribution in [2.45, 2.75) is 37.5 Å². The van der Waals surface area contributed by atoms with Gasteiger partial charge in [0.15, 0.2) is 0 Å². The molecule has 0 spiro atoms. The Morgan fingerprint density at radius 2 is 1.96 bits per heavy atom. The maximum atomic E-state index is 13.2. The second kappa shape index (κ2) is 9.92. The maximum absolute atomic E-state index is 13.2. The molecule has 138 valence electrons. The van der Waals surface area contributed by atoms with Crippen molar-refractivity contribution < 1.29 is 14.2 Å². The molecule has 0 aliphatic carbocycles. The number of aliphatic hydroxyl groups excluding tert-OH is 1. The zero-order valence-electron chi connectivity index (χ0n) is 13.9. The minimum absolute atomic E-state index is 0. The third kappa shape index (κ3) is 5.54. The molecule has 3 atom stereocenters. The molecule has 1 aliphatic rings. The summed E-state index contributed by atoms with van der Waals surface area (Å²) in [6.45, 7) is 0. The van der Waals surface area contributed by atoms with Crippen LogP contribution >= 0.6 is 24.8 Å². The zero-order valence-corrected chi connectivity index (χ0v) is 15.5. The average Bonchev–Trinajstić information content (AvgIpc) is 3.03. The second-order valence-electron chi connectivity index (χ2n) is 5.98. The van der Waals surface area contributed by atoms with Crippen LogP contribution in [0.4, 0.5) is 4.39 Å². The molecule has 1 fully saturated rings. The van der Waals surface area contributed by atoms with Crippen LogP contribution in [0.3, 0.4) is 0 Å². The van der Waals surface area contributed by atoms with E-state index < -0.39 is 11.9 Å². The minimum atomic E-state index is -0.737. The molecule has 1 saturated heterocycles. The first kappa shape index (κ1) is 21.6. The third-order valence-corrected chi connectivity index (χ3v) is 4.37. The Balaban J connectivity index is 0.00000156. The molecule has 3 rings (SSSR count). The SMILES string of the molecule is COc1ccc(C[C@@H]2CC[C@H]([C@@H](O)c3cncc(F)c3)N2)cc1.Cl.Cl. The Labute approximate surface area is 159 Å². The molecule has 7 heteroatoms. The lowest BCUT2D eigenvalue weighted by Gasteiger charge is -2.20. The molecule has 0 radical (unpaired) electrons. The summed E-state index contributed by atoms with van der Waals surface area (Å²) >= 11 is 0. The molecule has 1 aromatic carbocycles. The number of hydrogen-bond acceptors (Lipinski definition) is 4. The van der Waals surface area contributed by atoms with Crippen LogP contribution in [0, 0.1) is 5.82 Å². The number of aliphatic hydroxyl groups is 1. The Morgan fingerprint density at radius 3 is 2.60 bits per heavy atom. The smallest absolute Gasteiger partial charge is 0.141 e. The summed E-state index contributed by atoms with van der Waals surface area (Å²) in [5, 5.41) is 13.9. The predicted octanol–water partition coefficient (Wildman–Crippen LogP) is 3.47. The standard InChI is InChI=1S/C18H21FN2O2.2ClH/c1-23-16-5-2-12(3-6-16)8-15-4-7-17(21-15)18(22)13-9-14(19)11-20-10-13;;/h2-3,5-6,9-11,15,17-18,21-22H,4,7-8H2,1H3;2*1H/t15-,17+,18-;;/m0../s1. The third-order valence-electron chi connectivity index (χ3n) is 4.37. The zero-order chi connectivity index (χ0) is 16.2. The summed E-state index contributed by atoms with van der Waals surface area (Å²) in [6, 6.07) is 9.60. The summed E-state index contributed by atoms with van der Waals surface area (Å²) in [4.78, 5) is 3.81. The first-order chi connectivity index (χ1) is 11.2. The van der Waals surface area contributed by atoms with Gasteiger partial charge in [-0.2, -0.15) is 0 Å². The number of ether oxygens (including phenoxy) is 1. The predicted molar refractivity (Wildman–Crippen MR) is 100 cm³/mol.